The molecule has 0 saturated carbocycles. The molecule has 7 heteroatoms. The summed E-state index contributed by atoms with van der Waals surface area (Å²) in [6.07, 6.45) is 1.17. The Morgan fingerprint density at radius 1 is 1.19 bits per heavy atom. The number of amides is 2. The average molecular weight is 395 g/mol. The van der Waals surface area contributed by atoms with Crippen molar-refractivity contribution < 1.29 is 19.1 Å². The highest BCUT2D eigenvalue weighted by Crippen LogP contribution is 2.20. The second kappa shape index (κ2) is 9.74. The summed E-state index contributed by atoms with van der Waals surface area (Å²) in [6.45, 7) is 6.92. The smallest absolute Gasteiger partial charge is 0.309 e. The number of nitrogens with one attached hydrogen (secondary N) is 1. The van der Waals surface area contributed by atoms with Crippen molar-refractivity contribution in [1.82, 2.24) is 10.2 Å². The molecule has 0 spiro atoms. The first kappa shape index (κ1) is 21.2. The fourth-order valence-corrected chi connectivity index (χ4v) is 3.26. The summed E-state index contributed by atoms with van der Waals surface area (Å²) >= 11 is 5.85. The summed E-state index contributed by atoms with van der Waals surface area (Å²) in [5, 5.41) is 3.39. The highest BCUT2D eigenvalue weighted by atomic mass is 35.5. The van der Waals surface area contributed by atoms with Crippen LogP contribution in [-0.2, 0) is 14.3 Å². The number of hydrogen-bond acceptors (Lipinski definition) is 4. The van der Waals surface area contributed by atoms with Gasteiger partial charge in [-0.25, -0.2) is 0 Å². The van der Waals surface area contributed by atoms with E-state index in [9.17, 15) is 14.4 Å². The standard InChI is InChI=1S/C20H27ClN2O4/c1-4-27-20(26)15-9-11-23(12-10-15)19(25)17(13(2)3)22-18(24)14-5-7-16(21)8-6-14/h5-8,13,15,17H,4,9-12H2,1-3H3,(H,22,24). The second-order valence-electron chi connectivity index (χ2n) is 7.05. The van der Waals surface area contributed by atoms with Gasteiger partial charge in [0.05, 0.1) is 12.5 Å². The molecule has 1 aromatic carbocycles. The van der Waals surface area contributed by atoms with E-state index < -0.39 is 6.04 Å². The first-order valence-electron chi connectivity index (χ1n) is 9.35. The van der Waals surface area contributed by atoms with Crippen molar-refractivity contribution >= 4 is 29.4 Å². The first-order chi connectivity index (χ1) is 12.8. The fraction of sp³-hybridized carbons (Fsp3) is 0.550. The average Bonchev–Trinajstić information content (AvgIpc) is 2.66. The number of benzene rings is 1. The Hall–Kier alpha value is -2.08. The van der Waals surface area contributed by atoms with E-state index in [4.69, 9.17) is 16.3 Å². The number of piperidine rings is 1. The van der Waals surface area contributed by atoms with E-state index in [2.05, 4.69) is 5.32 Å². The molecule has 0 radical (unpaired) electrons. The van der Waals surface area contributed by atoms with Crippen LogP contribution >= 0.6 is 11.6 Å². The molecule has 1 atom stereocenters. The van der Waals surface area contributed by atoms with Gasteiger partial charge in [0, 0.05) is 23.7 Å². The van der Waals surface area contributed by atoms with E-state index in [1.807, 2.05) is 13.8 Å². The third-order valence-electron chi connectivity index (χ3n) is 4.75. The van der Waals surface area contributed by atoms with Gasteiger partial charge in [0.2, 0.25) is 5.91 Å². The highest BCUT2D eigenvalue weighted by molar-refractivity contribution is 6.30. The topological polar surface area (TPSA) is 75.7 Å². The van der Waals surface area contributed by atoms with Gasteiger partial charge in [-0.05, 0) is 49.9 Å². The molecule has 2 rings (SSSR count). The highest BCUT2D eigenvalue weighted by Gasteiger charge is 2.33. The van der Waals surface area contributed by atoms with Crippen LogP contribution in [0.5, 0.6) is 0 Å². The Morgan fingerprint density at radius 2 is 1.78 bits per heavy atom. The number of halogens is 1. The van der Waals surface area contributed by atoms with Gasteiger partial charge in [-0.1, -0.05) is 25.4 Å². The molecule has 0 aliphatic carbocycles. The summed E-state index contributed by atoms with van der Waals surface area (Å²) in [5.41, 5.74) is 0.457. The molecular weight excluding hydrogens is 368 g/mol. The lowest BCUT2D eigenvalue weighted by Crippen LogP contribution is -2.53. The molecule has 0 aromatic heterocycles. The number of rotatable bonds is 6. The largest absolute Gasteiger partial charge is 0.466 e. The van der Waals surface area contributed by atoms with Crippen molar-refractivity contribution in [3.63, 3.8) is 0 Å². The molecule has 1 aliphatic rings. The quantitative estimate of drug-likeness (QED) is 0.753. The summed E-state index contributed by atoms with van der Waals surface area (Å²) < 4.78 is 5.06. The summed E-state index contributed by atoms with van der Waals surface area (Å²) in [6, 6.07) is 5.92. The number of hydrogen-bond donors (Lipinski definition) is 1. The molecule has 1 saturated heterocycles. The lowest BCUT2D eigenvalue weighted by Gasteiger charge is -2.34. The summed E-state index contributed by atoms with van der Waals surface area (Å²) in [4.78, 5) is 39.0. The number of esters is 1. The van der Waals surface area contributed by atoms with E-state index in [1.54, 1.807) is 36.1 Å². The fourth-order valence-electron chi connectivity index (χ4n) is 3.13. The lowest BCUT2D eigenvalue weighted by atomic mass is 9.95. The van der Waals surface area contributed by atoms with Crippen LogP contribution in [0.3, 0.4) is 0 Å². The second-order valence-corrected chi connectivity index (χ2v) is 7.49. The minimum Gasteiger partial charge on any atom is -0.466 e. The third-order valence-corrected chi connectivity index (χ3v) is 5.00. The monoisotopic (exact) mass is 394 g/mol. The Bertz CT molecular complexity index is 667. The van der Waals surface area contributed by atoms with E-state index >= 15 is 0 Å². The Kier molecular flexibility index (Phi) is 7.66. The maximum absolute atomic E-state index is 12.9. The molecule has 0 bridgehead atoms. The van der Waals surface area contributed by atoms with E-state index in [-0.39, 0.29) is 29.6 Å². The molecule has 1 fully saturated rings. The molecule has 27 heavy (non-hydrogen) atoms. The number of carbonyl (C=O) groups excluding carboxylic acids is 3. The van der Waals surface area contributed by atoms with Gasteiger partial charge in [-0.2, -0.15) is 0 Å². The van der Waals surface area contributed by atoms with Crippen molar-refractivity contribution in [3.8, 4) is 0 Å². The van der Waals surface area contributed by atoms with Gasteiger partial charge >= 0.3 is 5.97 Å². The number of carbonyl (C=O) groups is 3. The van der Waals surface area contributed by atoms with E-state index in [0.717, 1.165) is 0 Å². The Labute approximate surface area is 165 Å². The van der Waals surface area contributed by atoms with Gasteiger partial charge in [0.25, 0.3) is 5.91 Å². The zero-order valence-electron chi connectivity index (χ0n) is 16.0. The molecule has 1 heterocycles. The van der Waals surface area contributed by atoms with Crippen LogP contribution in [0.2, 0.25) is 5.02 Å². The summed E-state index contributed by atoms with van der Waals surface area (Å²) in [5.74, 6) is -0.831. The molecule has 1 N–H and O–H groups in total. The number of likely N-dealkylation sites (tertiary alicyclic amines) is 1. The predicted molar refractivity (Wildman–Crippen MR) is 103 cm³/mol. The van der Waals surface area contributed by atoms with Gasteiger partial charge in [0.15, 0.2) is 0 Å². The van der Waals surface area contributed by atoms with Crippen LogP contribution < -0.4 is 5.32 Å². The first-order valence-corrected chi connectivity index (χ1v) is 9.73. The van der Waals surface area contributed by atoms with Crippen molar-refractivity contribution in [2.75, 3.05) is 19.7 Å². The van der Waals surface area contributed by atoms with Gasteiger partial charge in [-0.3, -0.25) is 14.4 Å². The number of ether oxygens (including phenoxy) is 1. The van der Waals surface area contributed by atoms with E-state index in [0.29, 0.717) is 43.1 Å². The van der Waals surface area contributed by atoms with Crippen molar-refractivity contribution in [2.24, 2.45) is 11.8 Å². The molecule has 1 aliphatic heterocycles. The molecular formula is C20H27ClN2O4. The SMILES string of the molecule is CCOC(=O)C1CCN(C(=O)C(NC(=O)c2ccc(Cl)cc2)C(C)C)CC1. The number of nitrogens with zero attached hydrogens (tertiary/aromatic N) is 1. The molecule has 2 amide bonds. The minimum absolute atomic E-state index is 0.0588. The summed E-state index contributed by atoms with van der Waals surface area (Å²) in [7, 11) is 0. The minimum atomic E-state index is -0.618. The van der Waals surface area contributed by atoms with Gasteiger partial charge in [0.1, 0.15) is 6.04 Å². The Balaban J connectivity index is 1.98. The molecule has 6 nitrogen and oxygen atoms in total. The van der Waals surface area contributed by atoms with Gasteiger partial charge in [-0.15, -0.1) is 0 Å². The predicted octanol–water partition coefficient (Wildman–Crippen LogP) is 2.90. The lowest BCUT2D eigenvalue weighted by molar-refractivity contribution is -0.151. The molecule has 148 valence electrons. The molecule has 1 unspecified atom stereocenters. The maximum atomic E-state index is 12.9. The zero-order valence-corrected chi connectivity index (χ0v) is 16.8. The molecule has 1 aromatic rings. The normalized spacial score (nSPS) is 16.1. The van der Waals surface area contributed by atoms with Crippen molar-refractivity contribution in [2.45, 2.75) is 39.7 Å². The zero-order chi connectivity index (χ0) is 20.0. The van der Waals surface area contributed by atoms with Crippen LogP contribution in [0.1, 0.15) is 44.0 Å². The van der Waals surface area contributed by atoms with Crippen molar-refractivity contribution in [1.29, 1.82) is 0 Å². The Morgan fingerprint density at radius 3 is 2.30 bits per heavy atom. The van der Waals surface area contributed by atoms with Crippen LogP contribution in [0.4, 0.5) is 0 Å². The van der Waals surface area contributed by atoms with Crippen LogP contribution in [0, 0.1) is 11.8 Å². The van der Waals surface area contributed by atoms with Crippen LogP contribution in [-0.4, -0.2) is 48.4 Å². The van der Waals surface area contributed by atoms with Crippen molar-refractivity contribution in [3.05, 3.63) is 34.9 Å². The van der Waals surface area contributed by atoms with E-state index in [1.165, 1.54) is 0 Å². The van der Waals surface area contributed by atoms with Crippen LogP contribution in [0.25, 0.3) is 0 Å². The van der Waals surface area contributed by atoms with Crippen LogP contribution in [0.15, 0.2) is 24.3 Å². The third kappa shape index (κ3) is 5.70. The van der Waals surface area contributed by atoms with Gasteiger partial charge < -0.3 is 15.0 Å². The maximum Gasteiger partial charge on any atom is 0.309 e.